The second-order valence-electron chi connectivity index (χ2n) is 6.24. The number of benzene rings is 1. The van der Waals surface area contributed by atoms with E-state index in [0.29, 0.717) is 11.6 Å². The molecule has 0 fully saturated rings. The number of carbonyl (C=O) groups is 1. The van der Waals surface area contributed by atoms with E-state index in [1.54, 1.807) is 0 Å². The summed E-state index contributed by atoms with van der Waals surface area (Å²) in [6.45, 7) is 8.01. The molecule has 0 spiro atoms. The van der Waals surface area contributed by atoms with Gasteiger partial charge in [-0.25, -0.2) is 0 Å². The van der Waals surface area contributed by atoms with Crippen molar-refractivity contribution in [3.63, 3.8) is 0 Å². The number of aromatic nitrogens is 1. The number of aromatic amines is 1. The molecule has 1 aliphatic rings. The fourth-order valence-electron chi connectivity index (χ4n) is 2.74. The Morgan fingerprint density at radius 3 is 2.76 bits per heavy atom. The van der Waals surface area contributed by atoms with Crippen LogP contribution < -0.4 is 0 Å². The van der Waals surface area contributed by atoms with Gasteiger partial charge in [0.05, 0.1) is 0 Å². The van der Waals surface area contributed by atoms with Gasteiger partial charge in [-0.1, -0.05) is 37.6 Å². The summed E-state index contributed by atoms with van der Waals surface area (Å²) >= 11 is 0. The molecular formula is C18H22N2O. The highest BCUT2D eigenvalue weighted by Gasteiger charge is 2.19. The zero-order valence-electron chi connectivity index (χ0n) is 12.9. The molecule has 3 rings (SSSR count). The Morgan fingerprint density at radius 2 is 2.10 bits per heavy atom. The van der Waals surface area contributed by atoms with E-state index >= 15 is 0 Å². The predicted molar refractivity (Wildman–Crippen MR) is 86.7 cm³/mol. The van der Waals surface area contributed by atoms with Crippen LogP contribution in [0.5, 0.6) is 0 Å². The Kier molecular flexibility index (Phi) is 3.58. The SMILES string of the molecule is CC1=CCN(C(=O)c2cc3ccc(C(C)C)cc3[nH]2)CC1. The third-order valence-corrected chi connectivity index (χ3v) is 4.27. The van der Waals surface area contributed by atoms with Crippen LogP contribution in [-0.2, 0) is 0 Å². The van der Waals surface area contributed by atoms with E-state index in [9.17, 15) is 4.79 Å². The van der Waals surface area contributed by atoms with Crippen molar-refractivity contribution in [2.24, 2.45) is 0 Å². The van der Waals surface area contributed by atoms with E-state index in [1.807, 2.05) is 11.0 Å². The van der Waals surface area contributed by atoms with Crippen molar-refractivity contribution < 1.29 is 4.79 Å². The van der Waals surface area contributed by atoms with Crippen LogP contribution in [0.15, 0.2) is 35.9 Å². The maximum absolute atomic E-state index is 12.6. The molecule has 21 heavy (non-hydrogen) atoms. The molecule has 1 aromatic carbocycles. The normalized spacial score (nSPS) is 15.6. The van der Waals surface area contributed by atoms with E-state index in [0.717, 1.165) is 30.4 Å². The first-order valence-electron chi connectivity index (χ1n) is 7.62. The molecule has 0 unspecified atom stereocenters. The first-order chi connectivity index (χ1) is 10.0. The number of hydrogen-bond acceptors (Lipinski definition) is 1. The maximum Gasteiger partial charge on any atom is 0.270 e. The molecule has 1 aliphatic heterocycles. The molecule has 3 heteroatoms. The van der Waals surface area contributed by atoms with Gasteiger partial charge in [0.25, 0.3) is 5.91 Å². The fraction of sp³-hybridized carbons (Fsp3) is 0.389. The van der Waals surface area contributed by atoms with Gasteiger partial charge in [-0.2, -0.15) is 0 Å². The highest BCUT2D eigenvalue weighted by Crippen LogP contribution is 2.23. The summed E-state index contributed by atoms with van der Waals surface area (Å²) in [5, 5.41) is 1.10. The van der Waals surface area contributed by atoms with Gasteiger partial charge in [0.2, 0.25) is 0 Å². The van der Waals surface area contributed by atoms with E-state index in [-0.39, 0.29) is 5.91 Å². The molecule has 3 nitrogen and oxygen atoms in total. The third-order valence-electron chi connectivity index (χ3n) is 4.27. The lowest BCUT2D eigenvalue weighted by Gasteiger charge is -2.24. The lowest BCUT2D eigenvalue weighted by Crippen LogP contribution is -2.34. The minimum absolute atomic E-state index is 0.0982. The highest BCUT2D eigenvalue weighted by molar-refractivity contribution is 5.98. The standard InChI is InChI=1S/C18H22N2O/c1-12(2)14-4-5-15-11-17(19-16(15)10-14)18(21)20-8-6-13(3)7-9-20/h4-6,10-12,19H,7-9H2,1-3H3. The summed E-state index contributed by atoms with van der Waals surface area (Å²) in [6.07, 6.45) is 3.12. The molecule has 0 saturated carbocycles. The monoisotopic (exact) mass is 282 g/mol. The van der Waals surface area contributed by atoms with Crippen LogP contribution in [0, 0.1) is 0 Å². The molecule has 2 aromatic rings. The first kappa shape index (κ1) is 13.9. The lowest BCUT2D eigenvalue weighted by molar-refractivity contribution is 0.0764. The number of fused-ring (bicyclic) bond motifs is 1. The summed E-state index contributed by atoms with van der Waals surface area (Å²) in [5.74, 6) is 0.591. The predicted octanol–water partition coefficient (Wildman–Crippen LogP) is 4.08. The zero-order valence-corrected chi connectivity index (χ0v) is 12.9. The molecule has 0 saturated heterocycles. The smallest absolute Gasteiger partial charge is 0.270 e. The average molecular weight is 282 g/mol. The topological polar surface area (TPSA) is 36.1 Å². The minimum Gasteiger partial charge on any atom is -0.351 e. The van der Waals surface area contributed by atoms with Gasteiger partial charge in [-0.15, -0.1) is 0 Å². The Morgan fingerprint density at radius 1 is 1.29 bits per heavy atom. The number of hydrogen-bond donors (Lipinski definition) is 1. The summed E-state index contributed by atoms with van der Waals surface area (Å²) < 4.78 is 0. The van der Waals surface area contributed by atoms with Crippen LogP contribution in [0.2, 0.25) is 0 Å². The minimum atomic E-state index is 0.0982. The van der Waals surface area contributed by atoms with E-state index < -0.39 is 0 Å². The van der Waals surface area contributed by atoms with Gasteiger partial charge in [-0.05, 0) is 37.0 Å². The number of nitrogens with zero attached hydrogens (tertiary/aromatic N) is 1. The quantitative estimate of drug-likeness (QED) is 0.828. The zero-order chi connectivity index (χ0) is 15.0. The summed E-state index contributed by atoms with van der Waals surface area (Å²) in [4.78, 5) is 17.8. The second-order valence-corrected chi connectivity index (χ2v) is 6.24. The molecule has 0 bridgehead atoms. The van der Waals surface area contributed by atoms with Gasteiger partial charge in [0, 0.05) is 24.0 Å². The van der Waals surface area contributed by atoms with Gasteiger partial charge in [-0.3, -0.25) is 4.79 Å². The second kappa shape index (κ2) is 5.40. The number of nitrogens with one attached hydrogen (secondary N) is 1. The van der Waals surface area contributed by atoms with Gasteiger partial charge >= 0.3 is 0 Å². The summed E-state index contributed by atoms with van der Waals surface area (Å²) in [5.41, 5.74) is 4.41. The molecule has 2 heterocycles. The molecule has 1 N–H and O–H groups in total. The van der Waals surface area contributed by atoms with Crippen LogP contribution in [0.3, 0.4) is 0 Å². The van der Waals surface area contributed by atoms with E-state index in [1.165, 1.54) is 11.1 Å². The molecule has 0 aliphatic carbocycles. The van der Waals surface area contributed by atoms with Crippen molar-refractivity contribution in [2.75, 3.05) is 13.1 Å². The molecule has 1 amide bonds. The molecule has 0 atom stereocenters. The van der Waals surface area contributed by atoms with E-state index in [4.69, 9.17) is 0 Å². The first-order valence-corrected chi connectivity index (χ1v) is 7.62. The molecule has 110 valence electrons. The average Bonchev–Trinajstić information content (AvgIpc) is 2.90. The highest BCUT2D eigenvalue weighted by atomic mass is 16.2. The fourth-order valence-corrected chi connectivity index (χ4v) is 2.74. The lowest BCUT2D eigenvalue weighted by atomic mass is 10.0. The van der Waals surface area contributed by atoms with Crippen LogP contribution in [-0.4, -0.2) is 28.9 Å². The third kappa shape index (κ3) is 2.73. The Labute approximate surface area is 125 Å². The van der Waals surface area contributed by atoms with Crippen molar-refractivity contribution >= 4 is 16.8 Å². The van der Waals surface area contributed by atoms with Crippen molar-refractivity contribution in [1.82, 2.24) is 9.88 Å². The van der Waals surface area contributed by atoms with E-state index in [2.05, 4.69) is 50.0 Å². The maximum atomic E-state index is 12.6. The summed E-state index contributed by atoms with van der Waals surface area (Å²) in [6, 6.07) is 8.35. The number of rotatable bonds is 2. The van der Waals surface area contributed by atoms with Crippen molar-refractivity contribution in [3.8, 4) is 0 Å². The van der Waals surface area contributed by atoms with Crippen LogP contribution >= 0.6 is 0 Å². The Bertz CT molecular complexity index is 709. The van der Waals surface area contributed by atoms with Gasteiger partial charge in [0.1, 0.15) is 5.69 Å². The van der Waals surface area contributed by atoms with Crippen molar-refractivity contribution in [1.29, 1.82) is 0 Å². The summed E-state index contributed by atoms with van der Waals surface area (Å²) in [7, 11) is 0. The van der Waals surface area contributed by atoms with Crippen LogP contribution in [0.25, 0.3) is 10.9 Å². The van der Waals surface area contributed by atoms with Crippen LogP contribution in [0.1, 0.15) is 49.2 Å². The largest absolute Gasteiger partial charge is 0.351 e. The number of H-pyrrole nitrogens is 1. The molecule has 0 radical (unpaired) electrons. The molecule has 1 aromatic heterocycles. The Hall–Kier alpha value is -2.03. The van der Waals surface area contributed by atoms with Crippen molar-refractivity contribution in [2.45, 2.75) is 33.1 Å². The van der Waals surface area contributed by atoms with Crippen LogP contribution in [0.4, 0.5) is 0 Å². The van der Waals surface area contributed by atoms with Gasteiger partial charge < -0.3 is 9.88 Å². The van der Waals surface area contributed by atoms with Gasteiger partial charge in [0.15, 0.2) is 0 Å². The van der Waals surface area contributed by atoms with Crippen molar-refractivity contribution in [3.05, 3.63) is 47.2 Å². The molecular weight excluding hydrogens is 260 g/mol. The number of amides is 1. The number of carbonyl (C=O) groups excluding carboxylic acids is 1. The Balaban J connectivity index is 1.88.